The third-order valence-corrected chi connectivity index (χ3v) is 4.53. The van der Waals surface area contributed by atoms with Crippen LogP contribution in [0, 0.1) is 0 Å². The fourth-order valence-corrected chi connectivity index (χ4v) is 2.98. The van der Waals surface area contributed by atoms with E-state index >= 15 is 0 Å². The van der Waals surface area contributed by atoms with Crippen LogP contribution in [0.5, 0.6) is 11.5 Å². The monoisotopic (exact) mass is 419 g/mol. The van der Waals surface area contributed by atoms with Gasteiger partial charge in [0.2, 0.25) is 5.91 Å². The molecule has 1 aromatic heterocycles. The highest BCUT2D eigenvalue weighted by Crippen LogP contribution is 2.29. The standard InChI is InChI=1S/C24H25N3O4/c1-2-30-22-14-20(8-9-21(22)31-16-18-6-4-11-26-15-18)24(29)27-12-10-17-5-3-7-19(13-17)23(25)28/h3-9,11,13-15H,2,10,12,16H2,1H3,(H2,25,28)(H,27,29). The predicted octanol–water partition coefficient (Wildman–Crippen LogP) is 3.13. The molecule has 31 heavy (non-hydrogen) atoms. The maximum absolute atomic E-state index is 12.6. The van der Waals surface area contributed by atoms with E-state index in [0.29, 0.717) is 48.8 Å². The van der Waals surface area contributed by atoms with Crippen molar-refractivity contribution in [1.82, 2.24) is 10.3 Å². The zero-order valence-electron chi connectivity index (χ0n) is 17.3. The Hall–Kier alpha value is -3.87. The molecule has 7 heteroatoms. The molecule has 0 saturated carbocycles. The van der Waals surface area contributed by atoms with Gasteiger partial charge in [0.05, 0.1) is 6.61 Å². The number of hydrogen-bond donors (Lipinski definition) is 2. The largest absolute Gasteiger partial charge is 0.490 e. The lowest BCUT2D eigenvalue weighted by atomic mass is 10.1. The molecular weight excluding hydrogens is 394 g/mol. The summed E-state index contributed by atoms with van der Waals surface area (Å²) in [5.41, 5.74) is 8.09. The summed E-state index contributed by atoms with van der Waals surface area (Å²) in [7, 11) is 0. The van der Waals surface area contributed by atoms with Gasteiger partial charge < -0.3 is 20.5 Å². The summed E-state index contributed by atoms with van der Waals surface area (Å²) >= 11 is 0. The van der Waals surface area contributed by atoms with Crippen molar-refractivity contribution in [3.63, 3.8) is 0 Å². The summed E-state index contributed by atoms with van der Waals surface area (Å²) in [6.45, 7) is 3.09. The molecule has 0 aliphatic rings. The Kier molecular flexibility index (Phi) is 7.59. The smallest absolute Gasteiger partial charge is 0.251 e. The molecule has 2 amide bonds. The summed E-state index contributed by atoms with van der Waals surface area (Å²) < 4.78 is 11.5. The second-order valence-corrected chi connectivity index (χ2v) is 6.82. The van der Waals surface area contributed by atoms with Crippen molar-refractivity contribution >= 4 is 11.8 Å². The van der Waals surface area contributed by atoms with Crippen molar-refractivity contribution in [3.05, 3.63) is 89.2 Å². The number of benzene rings is 2. The van der Waals surface area contributed by atoms with E-state index in [0.717, 1.165) is 11.1 Å². The van der Waals surface area contributed by atoms with Crippen molar-refractivity contribution in [1.29, 1.82) is 0 Å². The number of carbonyl (C=O) groups excluding carboxylic acids is 2. The van der Waals surface area contributed by atoms with Gasteiger partial charge >= 0.3 is 0 Å². The molecule has 3 aromatic rings. The molecule has 0 aliphatic heterocycles. The third kappa shape index (κ3) is 6.30. The van der Waals surface area contributed by atoms with Gasteiger partial charge in [0, 0.05) is 35.6 Å². The van der Waals surface area contributed by atoms with Crippen LogP contribution in [-0.2, 0) is 13.0 Å². The van der Waals surface area contributed by atoms with Crippen LogP contribution in [0.3, 0.4) is 0 Å². The molecule has 0 fully saturated rings. The van der Waals surface area contributed by atoms with Gasteiger partial charge in [-0.2, -0.15) is 0 Å². The highest BCUT2D eigenvalue weighted by molar-refractivity contribution is 5.95. The molecule has 0 radical (unpaired) electrons. The van der Waals surface area contributed by atoms with Gasteiger partial charge in [-0.25, -0.2) is 0 Å². The molecule has 0 atom stereocenters. The molecule has 7 nitrogen and oxygen atoms in total. The Labute approximate surface area is 181 Å². The van der Waals surface area contributed by atoms with Gasteiger partial charge in [-0.05, 0) is 55.3 Å². The molecule has 3 N–H and O–H groups in total. The van der Waals surface area contributed by atoms with E-state index in [-0.39, 0.29) is 5.91 Å². The van der Waals surface area contributed by atoms with Gasteiger partial charge in [-0.15, -0.1) is 0 Å². The summed E-state index contributed by atoms with van der Waals surface area (Å²) in [6, 6.07) is 15.9. The average molecular weight is 419 g/mol. The Morgan fingerprint density at radius 1 is 0.968 bits per heavy atom. The van der Waals surface area contributed by atoms with E-state index < -0.39 is 5.91 Å². The minimum Gasteiger partial charge on any atom is -0.490 e. The lowest BCUT2D eigenvalue weighted by Gasteiger charge is -2.13. The number of pyridine rings is 1. The Balaban J connectivity index is 1.60. The lowest BCUT2D eigenvalue weighted by Crippen LogP contribution is -2.25. The quantitative estimate of drug-likeness (QED) is 0.525. The van der Waals surface area contributed by atoms with Gasteiger partial charge in [0.25, 0.3) is 5.91 Å². The predicted molar refractivity (Wildman–Crippen MR) is 117 cm³/mol. The van der Waals surface area contributed by atoms with Crippen molar-refractivity contribution in [2.75, 3.05) is 13.2 Å². The normalized spacial score (nSPS) is 10.4. The van der Waals surface area contributed by atoms with Gasteiger partial charge in [0.1, 0.15) is 6.61 Å². The average Bonchev–Trinajstić information content (AvgIpc) is 2.79. The number of hydrogen-bond acceptors (Lipinski definition) is 5. The van der Waals surface area contributed by atoms with E-state index in [1.54, 1.807) is 48.8 Å². The maximum Gasteiger partial charge on any atom is 0.251 e. The number of nitrogens with one attached hydrogen (secondary N) is 1. The molecule has 160 valence electrons. The first-order valence-corrected chi connectivity index (χ1v) is 10.0. The lowest BCUT2D eigenvalue weighted by molar-refractivity contribution is 0.0951. The fraction of sp³-hybridized carbons (Fsp3) is 0.208. The van der Waals surface area contributed by atoms with Crippen LogP contribution < -0.4 is 20.5 Å². The minimum absolute atomic E-state index is 0.217. The zero-order valence-corrected chi connectivity index (χ0v) is 17.3. The molecule has 1 heterocycles. The molecule has 2 aromatic carbocycles. The number of nitrogens with two attached hydrogens (primary N) is 1. The van der Waals surface area contributed by atoms with Crippen molar-refractivity contribution < 1.29 is 19.1 Å². The van der Waals surface area contributed by atoms with E-state index in [9.17, 15) is 9.59 Å². The molecular formula is C24H25N3O4. The van der Waals surface area contributed by atoms with Gasteiger partial charge in [-0.1, -0.05) is 18.2 Å². The number of amides is 2. The molecule has 0 spiro atoms. The molecule has 0 unspecified atom stereocenters. The van der Waals surface area contributed by atoms with E-state index in [2.05, 4.69) is 10.3 Å². The number of ether oxygens (including phenoxy) is 2. The van der Waals surface area contributed by atoms with Crippen LogP contribution in [0.15, 0.2) is 67.0 Å². The van der Waals surface area contributed by atoms with Crippen LogP contribution in [0.2, 0.25) is 0 Å². The summed E-state index contributed by atoms with van der Waals surface area (Å²) in [5, 5.41) is 2.88. The second kappa shape index (κ2) is 10.8. The molecule has 0 saturated heterocycles. The highest BCUT2D eigenvalue weighted by atomic mass is 16.5. The number of primary amides is 1. The third-order valence-electron chi connectivity index (χ3n) is 4.53. The van der Waals surface area contributed by atoms with Crippen LogP contribution in [-0.4, -0.2) is 29.9 Å². The molecule has 0 bridgehead atoms. The molecule has 3 rings (SSSR count). The highest BCUT2D eigenvalue weighted by Gasteiger charge is 2.12. The first kappa shape index (κ1) is 21.8. The second-order valence-electron chi connectivity index (χ2n) is 6.82. The minimum atomic E-state index is -0.472. The van der Waals surface area contributed by atoms with E-state index in [1.165, 1.54) is 0 Å². The number of aromatic nitrogens is 1. The SMILES string of the molecule is CCOc1cc(C(=O)NCCc2cccc(C(N)=O)c2)ccc1OCc1cccnc1. The first-order valence-electron chi connectivity index (χ1n) is 10.0. The maximum atomic E-state index is 12.6. The first-order chi connectivity index (χ1) is 15.1. The summed E-state index contributed by atoms with van der Waals surface area (Å²) in [4.78, 5) is 27.9. The Morgan fingerprint density at radius 3 is 2.55 bits per heavy atom. The summed E-state index contributed by atoms with van der Waals surface area (Å²) in [6.07, 6.45) is 4.02. The fourth-order valence-electron chi connectivity index (χ4n) is 2.98. The van der Waals surface area contributed by atoms with Crippen LogP contribution >= 0.6 is 0 Å². The molecule has 0 aliphatic carbocycles. The number of carbonyl (C=O) groups is 2. The zero-order chi connectivity index (χ0) is 22.1. The van der Waals surface area contributed by atoms with Crippen molar-refractivity contribution in [2.24, 2.45) is 5.73 Å². The number of rotatable bonds is 10. The van der Waals surface area contributed by atoms with E-state index in [1.807, 2.05) is 25.1 Å². The van der Waals surface area contributed by atoms with Gasteiger partial charge in [-0.3, -0.25) is 14.6 Å². The topological polar surface area (TPSA) is 104 Å². The van der Waals surface area contributed by atoms with Crippen LogP contribution in [0.25, 0.3) is 0 Å². The Morgan fingerprint density at radius 2 is 1.81 bits per heavy atom. The van der Waals surface area contributed by atoms with E-state index in [4.69, 9.17) is 15.2 Å². The summed E-state index contributed by atoms with van der Waals surface area (Å²) in [5.74, 6) is 0.379. The van der Waals surface area contributed by atoms with Crippen LogP contribution in [0.1, 0.15) is 38.8 Å². The van der Waals surface area contributed by atoms with Gasteiger partial charge in [0.15, 0.2) is 11.5 Å². The Bertz CT molecular complexity index is 1040. The van der Waals surface area contributed by atoms with Crippen molar-refractivity contribution in [3.8, 4) is 11.5 Å². The number of nitrogens with zero attached hydrogens (tertiary/aromatic N) is 1. The van der Waals surface area contributed by atoms with Crippen LogP contribution in [0.4, 0.5) is 0 Å². The van der Waals surface area contributed by atoms with Crippen molar-refractivity contribution in [2.45, 2.75) is 20.0 Å².